The summed E-state index contributed by atoms with van der Waals surface area (Å²) in [6.07, 6.45) is 6.50. The van der Waals surface area contributed by atoms with Gasteiger partial charge in [-0.05, 0) is 32.0 Å². The zero-order chi connectivity index (χ0) is 16.4. The number of hydrogen-bond acceptors (Lipinski definition) is 6. The maximum Gasteiger partial charge on any atom is 0.185 e. The van der Waals surface area contributed by atoms with E-state index >= 15 is 0 Å². The normalized spacial score (nSPS) is 20.6. The van der Waals surface area contributed by atoms with Gasteiger partial charge in [-0.15, -0.1) is 11.3 Å². The second kappa shape index (κ2) is 7.21. The molecule has 2 aromatic rings. The Morgan fingerprint density at radius 1 is 1.21 bits per heavy atom. The summed E-state index contributed by atoms with van der Waals surface area (Å²) in [7, 11) is 1.99. The van der Waals surface area contributed by atoms with E-state index in [1.54, 1.807) is 0 Å². The third-order valence-corrected chi connectivity index (χ3v) is 5.99. The van der Waals surface area contributed by atoms with E-state index in [2.05, 4.69) is 32.1 Å². The monoisotopic (exact) mass is 347 g/mol. The van der Waals surface area contributed by atoms with Crippen molar-refractivity contribution in [3.05, 3.63) is 29.0 Å². The molecule has 2 aromatic heterocycles. The van der Waals surface area contributed by atoms with Crippen molar-refractivity contribution in [2.24, 2.45) is 7.05 Å². The molecule has 4 heterocycles. The lowest BCUT2D eigenvalue weighted by molar-refractivity contribution is 0.122. The molecule has 2 aliphatic rings. The zero-order valence-corrected chi connectivity index (χ0v) is 15.0. The Labute approximate surface area is 147 Å². The van der Waals surface area contributed by atoms with Crippen molar-refractivity contribution in [1.82, 2.24) is 19.7 Å². The molecule has 0 unspecified atom stereocenters. The number of rotatable bonds is 4. The van der Waals surface area contributed by atoms with Crippen molar-refractivity contribution in [2.75, 3.05) is 44.3 Å². The molecule has 0 saturated carbocycles. The van der Waals surface area contributed by atoms with Crippen molar-refractivity contribution < 1.29 is 4.74 Å². The molecule has 0 atom stereocenters. The van der Waals surface area contributed by atoms with Gasteiger partial charge in [0.1, 0.15) is 0 Å². The van der Waals surface area contributed by atoms with Crippen LogP contribution in [0.1, 0.15) is 29.3 Å². The molecule has 2 aliphatic heterocycles. The van der Waals surface area contributed by atoms with Crippen LogP contribution in [0.25, 0.3) is 0 Å². The molecule has 0 spiro atoms. The maximum atomic E-state index is 5.42. The number of piperidine rings is 1. The summed E-state index contributed by atoms with van der Waals surface area (Å²) < 4.78 is 7.33. The Kier molecular flexibility index (Phi) is 4.82. The molecule has 0 aromatic carbocycles. The minimum atomic E-state index is 0.618. The highest BCUT2D eigenvalue weighted by atomic mass is 32.1. The maximum absolute atomic E-state index is 5.42. The second-order valence-electron chi connectivity index (χ2n) is 6.67. The Balaban J connectivity index is 1.30. The lowest BCUT2D eigenvalue weighted by Crippen LogP contribution is -2.36. The quantitative estimate of drug-likeness (QED) is 0.847. The van der Waals surface area contributed by atoms with Crippen LogP contribution in [0.3, 0.4) is 0 Å². The van der Waals surface area contributed by atoms with E-state index in [1.165, 1.54) is 23.4 Å². The highest BCUT2D eigenvalue weighted by molar-refractivity contribution is 7.15. The topological polar surface area (TPSA) is 46.4 Å². The van der Waals surface area contributed by atoms with Gasteiger partial charge in [0.25, 0.3) is 0 Å². The van der Waals surface area contributed by atoms with Crippen molar-refractivity contribution >= 4 is 16.5 Å². The fraction of sp³-hybridized carbons (Fsp3) is 0.647. The van der Waals surface area contributed by atoms with Crippen molar-refractivity contribution in [3.8, 4) is 0 Å². The fourth-order valence-electron chi connectivity index (χ4n) is 3.53. The molecule has 0 radical (unpaired) electrons. The van der Waals surface area contributed by atoms with Crippen LogP contribution in [0.2, 0.25) is 0 Å². The molecule has 0 N–H and O–H groups in total. The summed E-state index contributed by atoms with van der Waals surface area (Å²) in [5, 5.41) is 5.72. The third kappa shape index (κ3) is 3.63. The van der Waals surface area contributed by atoms with Gasteiger partial charge < -0.3 is 9.64 Å². The minimum Gasteiger partial charge on any atom is -0.378 e. The number of aromatic nitrogens is 3. The van der Waals surface area contributed by atoms with Gasteiger partial charge in [-0.3, -0.25) is 9.58 Å². The van der Waals surface area contributed by atoms with Crippen LogP contribution in [0, 0.1) is 0 Å². The van der Waals surface area contributed by atoms with E-state index in [0.29, 0.717) is 5.92 Å². The number of hydrogen-bond donors (Lipinski definition) is 0. The summed E-state index contributed by atoms with van der Waals surface area (Å²) in [5.41, 5.74) is 1.25. The number of thiazole rings is 1. The van der Waals surface area contributed by atoms with Gasteiger partial charge in [-0.1, -0.05) is 0 Å². The average Bonchev–Trinajstić information content (AvgIpc) is 3.26. The van der Waals surface area contributed by atoms with Crippen LogP contribution in [0.15, 0.2) is 18.5 Å². The highest BCUT2D eigenvalue weighted by Crippen LogP contribution is 2.29. The van der Waals surface area contributed by atoms with E-state index in [4.69, 9.17) is 4.74 Å². The van der Waals surface area contributed by atoms with Crippen LogP contribution in [0.5, 0.6) is 0 Å². The number of nitrogens with zero attached hydrogens (tertiary/aromatic N) is 5. The van der Waals surface area contributed by atoms with Crippen LogP contribution >= 0.6 is 11.3 Å². The lowest BCUT2D eigenvalue weighted by Gasteiger charge is -2.30. The average molecular weight is 347 g/mol. The molecular weight excluding hydrogens is 322 g/mol. The van der Waals surface area contributed by atoms with Crippen LogP contribution in [0.4, 0.5) is 5.13 Å². The van der Waals surface area contributed by atoms with Crippen LogP contribution < -0.4 is 4.90 Å². The molecule has 24 heavy (non-hydrogen) atoms. The number of ether oxygens (including phenoxy) is 1. The van der Waals surface area contributed by atoms with Gasteiger partial charge in [0.2, 0.25) is 0 Å². The van der Waals surface area contributed by atoms with Crippen LogP contribution in [-0.2, 0) is 18.3 Å². The minimum absolute atomic E-state index is 0.618. The molecular formula is C17H25N5OS. The number of anilines is 1. The number of likely N-dealkylation sites (tertiary alicyclic amines) is 1. The molecule has 2 saturated heterocycles. The van der Waals surface area contributed by atoms with E-state index in [0.717, 1.165) is 51.1 Å². The number of aryl methyl sites for hydroxylation is 1. The summed E-state index contributed by atoms with van der Waals surface area (Å²) in [6.45, 7) is 6.87. The van der Waals surface area contributed by atoms with Gasteiger partial charge in [-0.2, -0.15) is 5.10 Å². The van der Waals surface area contributed by atoms with E-state index in [1.807, 2.05) is 29.3 Å². The van der Waals surface area contributed by atoms with Crippen molar-refractivity contribution in [1.29, 1.82) is 0 Å². The fourth-order valence-corrected chi connectivity index (χ4v) is 4.53. The first-order valence-corrected chi connectivity index (χ1v) is 9.59. The van der Waals surface area contributed by atoms with Crippen molar-refractivity contribution in [3.63, 3.8) is 0 Å². The second-order valence-corrected chi connectivity index (χ2v) is 7.77. The largest absolute Gasteiger partial charge is 0.378 e. The summed E-state index contributed by atoms with van der Waals surface area (Å²) >= 11 is 1.84. The first kappa shape index (κ1) is 16.1. The Morgan fingerprint density at radius 3 is 2.71 bits per heavy atom. The standard InChI is InChI=1S/C17H25N5OS/c1-20-5-4-16(19-20)14-2-6-21(7-3-14)13-15-12-18-17(24-15)22-8-10-23-11-9-22/h4-5,12,14H,2-3,6-11,13H2,1H3. The highest BCUT2D eigenvalue weighted by Gasteiger charge is 2.23. The predicted octanol–water partition coefficient (Wildman–Crippen LogP) is 2.09. The van der Waals surface area contributed by atoms with E-state index in [9.17, 15) is 0 Å². The molecule has 0 bridgehead atoms. The Bertz CT molecular complexity index is 655. The summed E-state index contributed by atoms with van der Waals surface area (Å²) in [4.78, 5) is 10.9. The molecule has 0 aliphatic carbocycles. The predicted molar refractivity (Wildman–Crippen MR) is 95.6 cm³/mol. The zero-order valence-electron chi connectivity index (χ0n) is 14.2. The molecule has 7 heteroatoms. The van der Waals surface area contributed by atoms with Gasteiger partial charge in [0, 0.05) is 49.9 Å². The SMILES string of the molecule is Cn1ccc(C2CCN(Cc3cnc(N4CCOCC4)s3)CC2)n1. The smallest absolute Gasteiger partial charge is 0.185 e. The van der Waals surface area contributed by atoms with Crippen molar-refractivity contribution in [2.45, 2.75) is 25.3 Å². The summed E-state index contributed by atoms with van der Waals surface area (Å²) in [5.74, 6) is 0.618. The molecule has 2 fully saturated rings. The Hall–Kier alpha value is -1.44. The van der Waals surface area contributed by atoms with Crippen LogP contribution in [-0.4, -0.2) is 59.1 Å². The number of morpholine rings is 1. The van der Waals surface area contributed by atoms with E-state index in [-0.39, 0.29) is 0 Å². The Morgan fingerprint density at radius 2 is 2.00 bits per heavy atom. The summed E-state index contributed by atoms with van der Waals surface area (Å²) in [6, 6.07) is 2.16. The first-order chi connectivity index (χ1) is 11.8. The lowest BCUT2D eigenvalue weighted by atomic mass is 9.94. The van der Waals surface area contributed by atoms with Gasteiger partial charge in [0.05, 0.1) is 18.9 Å². The van der Waals surface area contributed by atoms with Gasteiger partial charge >= 0.3 is 0 Å². The first-order valence-electron chi connectivity index (χ1n) is 8.77. The molecule has 6 nitrogen and oxygen atoms in total. The van der Waals surface area contributed by atoms with Gasteiger partial charge in [0.15, 0.2) is 5.13 Å². The molecule has 0 amide bonds. The third-order valence-electron chi connectivity index (χ3n) is 4.94. The molecule has 4 rings (SSSR count). The van der Waals surface area contributed by atoms with E-state index < -0.39 is 0 Å². The molecule has 130 valence electrons. The van der Waals surface area contributed by atoms with Gasteiger partial charge in [-0.25, -0.2) is 4.98 Å².